The quantitative estimate of drug-likeness (QED) is 0.537. The molecule has 1 aromatic carbocycles. The number of carbonyl (C=O) groups is 3. The first-order valence-corrected chi connectivity index (χ1v) is 9.55. The molecule has 2 aromatic rings. The van der Waals surface area contributed by atoms with Gasteiger partial charge in [-0.05, 0) is 65.2 Å². The van der Waals surface area contributed by atoms with Crippen LogP contribution in [0.25, 0.3) is 6.08 Å². The molecule has 8 heteroatoms. The molecule has 1 saturated heterocycles. The maximum absolute atomic E-state index is 12.7. The highest BCUT2D eigenvalue weighted by molar-refractivity contribution is 9.10. The normalized spacial score (nSPS) is 17.0. The van der Waals surface area contributed by atoms with Crippen LogP contribution in [0.4, 0.5) is 4.79 Å². The van der Waals surface area contributed by atoms with Crippen LogP contribution < -0.4 is 10.1 Å². The maximum Gasteiger partial charge on any atom is 0.331 e. The molecular formula is C20H19BrN2O5. The van der Waals surface area contributed by atoms with Crippen LogP contribution in [0.5, 0.6) is 5.75 Å². The number of imide groups is 2. The number of nitrogens with one attached hydrogen (secondary N) is 1. The lowest BCUT2D eigenvalue weighted by atomic mass is 10.1. The topological polar surface area (TPSA) is 88.8 Å². The summed E-state index contributed by atoms with van der Waals surface area (Å²) in [5, 5.41) is 2.18. The molecule has 7 nitrogen and oxygen atoms in total. The van der Waals surface area contributed by atoms with E-state index in [4.69, 9.17) is 9.15 Å². The average Bonchev–Trinajstić information content (AvgIpc) is 3.17. The predicted molar refractivity (Wildman–Crippen MR) is 105 cm³/mol. The number of ether oxygens (including phenoxy) is 1. The van der Waals surface area contributed by atoms with E-state index in [1.54, 1.807) is 30.3 Å². The summed E-state index contributed by atoms with van der Waals surface area (Å²) in [5.74, 6) is -0.306. The summed E-state index contributed by atoms with van der Waals surface area (Å²) in [4.78, 5) is 37.9. The van der Waals surface area contributed by atoms with Gasteiger partial charge < -0.3 is 9.15 Å². The standard InChI is InChI=1S/C20H19BrN2O5/c1-3-12(2)28-17-7-6-13(10-16(17)21)9-15-18(24)22-20(26)23(19(15)25)11-14-5-4-8-27-14/h4-10,12H,3,11H2,1-2H3,(H,22,24,26)/b15-9+/t12-/m0/s1. The molecule has 3 rings (SSSR count). The Balaban J connectivity index is 1.85. The van der Waals surface area contributed by atoms with Gasteiger partial charge in [0.15, 0.2) is 0 Å². The highest BCUT2D eigenvalue weighted by Gasteiger charge is 2.36. The fraction of sp³-hybridized carbons (Fsp3) is 0.250. The van der Waals surface area contributed by atoms with Gasteiger partial charge in [-0.25, -0.2) is 4.79 Å². The Bertz CT molecular complexity index is 936. The number of urea groups is 1. The summed E-state index contributed by atoms with van der Waals surface area (Å²) in [6.45, 7) is 3.94. The van der Waals surface area contributed by atoms with E-state index >= 15 is 0 Å². The number of nitrogens with zero attached hydrogens (tertiary/aromatic N) is 1. The lowest BCUT2D eigenvalue weighted by Gasteiger charge is -2.25. The predicted octanol–water partition coefficient (Wildman–Crippen LogP) is 3.88. The van der Waals surface area contributed by atoms with Crippen LogP contribution in [0.15, 0.2) is 51.1 Å². The minimum absolute atomic E-state index is 0.0618. The maximum atomic E-state index is 12.7. The van der Waals surface area contributed by atoms with Gasteiger partial charge in [-0.1, -0.05) is 13.0 Å². The first-order chi connectivity index (χ1) is 13.4. The molecule has 28 heavy (non-hydrogen) atoms. The van der Waals surface area contributed by atoms with E-state index in [0.29, 0.717) is 21.5 Å². The highest BCUT2D eigenvalue weighted by Crippen LogP contribution is 2.28. The van der Waals surface area contributed by atoms with Crippen molar-refractivity contribution in [3.05, 3.63) is 58.0 Å². The number of hydrogen-bond acceptors (Lipinski definition) is 5. The lowest BCUT2D eigenvalue weighted by molar-refractivity contribution is -0.130. The van der Waals surface area contributed by atoms with Crippen molar-refractivity contribution in [2.24, 2.45) is 0 Å². The summed E-state index contributed by atoms with van der Waals surface area (Å²) in [7, 11) is 0. The van der Waals surface area contributed by atoms with Crippen molar-refractivity contribution < 1.29 is 23.5 Å². The van der Waals surface area contributed by atoms with Crippen molar-refractivity contribution in [3.8, 4) is 5.75 Å². The van der Waals surface area contributed by atoms with Crippen LogP contribution in [0, 0.1) is 0 Å². The summed E-state index contributed by atoms with van der Waals surface area (Å²) >= 11 is 3.44. The number of amides is 4. The van der Waals surface area contributed by atoms with Gasteiger partial charge in [0.25, 0.3) is 11.8 Å². The minimum Gasteiger partial charge on any atom is -0.490 e. The SMILES string of the molecule is CC[C@H](C)Oc1ccc(/C=C2\C(=O)NC(=O)N(Cc3ccco3)C2=O)cc1Br. The van der Waals surface area contributed by atoms with Crippen LogP contribution in [-0.2, 0) is 16.1 Å². The third kappa shape index (κ3) is 4.33. The van der Waals surface area contributed by atoms with E-state index in [0.717, 1.165) is 11.3 Å². The number of halogens is 1. The molecule has 1 aliphatic heterocycles. The number of rotatable bonds is 6. The molecule has 0 radical (unpaired) electrons. The van der Waals surface area contributed by atoms with E-state index in [2.05, 4.69) is 21.2 Å². The Hall–Kier alpha value is -2.87. The summed E-state index contributed by atoms with van der Waals surface area (Å²) in [6.07, 6.45) is 3.82. The summed E-state index contributed by atoms with van der Waals surface area (Å²) in [5.41, 5.74) is 0.489. The van der Waals surface area contributed by atoms with Crippen molar-refractivity contribution in [1.29, 1.82) is 0 Å². The molecular weight excluding hydrogens is 428 g/mol. The van der Waals surface area contributed by atoms with Crippen LogP contribution in [0.1, 0.15) is 31.6 Å². The Labute approximate surface area is 170 Å². The number of hydrogen-bond donors (Lipinski definition) is 1. The third-order valence-electron chi connectivity index (χ3n) is 4.25. The van der Waals surface area contributed by atoms with E-state index < -0.39 is 17.8 Å². The Morgan fingerprint density at radius 3 is 2.71 bits per heavy atom. The molecule has 146 valence electrons. The zero-order valence-electron chi connectivity index (χ0n) is 15.4. The molecule has 1 aliphatic rings. The first kappa shape index (κ1) is 19.9. The molecule has 4 amide bonds. The lowest BCUT2D eigenvalue weighted by Crippen LogP contribution is -2.53. The smallest absolute Gasteiger partial charge is 0.331 e. The fourth-order valence-electron chi connectivity index (χ4n) is 2.57. The fourth-order valence-corrected chi connectivity index (χ4v) is 3.06. The number of barbiturate groups is 1. The molecule has 1 fully saturated rings. The molecule has 0 bridgehead atoms. The monoisotopic (exact) mass is 446 g/mol. The van der Waals surface area contributed by atoms with Gasteiger partial charge in [-0.2, -0.15) is 0 Å². The van der Waals surface area contributed by atoms with Crippen molar-refractivity contribution in [2.75, 3.05) is 0 Å². The molecule has 0 saturated carbocycles. The van der Waals surface area contributed by atoms with E-state index in [9.17, 15) is 14.4 Å². The number of benzene rings is 1. The number of furan rings is 1. The van der Waals surface area contributed by atoms with Crippen molar-refractivity contribution >= 4 is 39.9 Å². The third-order valence-corrected chi connectivity index (χ3v) is 4.87. The van der Waals surface area contributed by atoms with Gasteiger partial charge in [-0.3, -0.25) is 19.8 Å². The second-order valence-electron chi connectivity index (χ2n) is 6.31. The van der Waals surface area contributed by atoms with Gasteiger partial charge in [0, 0.05) is 0 Å². The molecule has 0 unspecified atom stereocenters. The van der Waals surface area contributed by atoms with Gasteiger partial charge in [0.05, 0.1) is 23.4 Å². The van der Waals surface area contributed by atoms with Crippen LogP contribution in [0.2, 0.25) is 0 Å². The molecule has 0 spiro atoms. The molecule has 0 aliphatic carbocycles. The Morgan fingerprint density at radius 1 is 1.29 bits per heavy atom. The summed E-state index contributed by atoms with van der Waals surface area (Å²) < 4.78 is 11.7. The minimum atomic E-state index is -0.776. The van der Waals surface area contributed by atoms with E-state index in [1.165, 1.54) is 12.3 Å². The van der Waals surface area contributed by atoms with E-state index in [-0.39, 0.29) is 18.2 Å². The van der Waals surface area contributed by atoms with Crippen molar-refractivity contribution in [3.63, 3.8) is 0 Å². The van der Waals surface area contributed by atoms with Crippen LogP contribution in [-0.4, -0.2) is 28.8 Å². The molecule has 2 heterocycles. The average molecular weight is 447 g/mol. The number of carbonyl (C=O) groups excluding carboxylic acids is 3. The highest BCUT2D eigenvalue weighted by atomic mass is 79.9. The van der Waals surface area contributed by atoms with Crippen LogP contribution in [0.3, 0.4) is 0 Å². The second-order valence-corrected chi connectivity index (χ2v) is 7.17. The second kappa shape index (κ2) is 8.43. The van der Waals surface area contributed by atoms with Crippen molar-refractivity contribution in [1.82, 2.24) is 10.2 Å². The molecule has 1 N–H and O–H groups in total. The molecule has 1 atom stereocenters. The van der Waals surface area contributed by atoms with E-state index in [1.807, 2.05) is 13.8 Å². The first-order valence-electron chi connectivity index (χ1n) is 8.76. The largest absolute Gasteiger partial charge is 0.490 e. The summed E-state index contributed by atoms with van der Waals surface area (Å²) in [6, 6.07) is 7.78. The van der Waals surface area contributed by atoms with Gasteiger partial charge >= 0.3 is 6.03 Å². The van der Waals surface area contributed by atoms with Gasteiger partial charge in [0.1, 0.15) is 17.1 Å². The van der Waals surface area contributed by atoms with Gasteiger partial charge in [0.2, 0.25) is 0 Å². The Kier molecular flexibility index (Phi) is 5.99. The zero-order chi connectivity index (χ0) is 20.3. The van der Waals surface area contributed by atoms with Crippen LogP contribution >= 0.6 is 15.9 Å². The Morgan fingerprint density at radius 2 is 2.07 bits per heavy atom. The molecule has 1 aromatic heterocycles. The zero-order valence-corrected chi connectivity index (χ0v) is 17.0. The van der Waals surface area contributed by atoms with Crippen molar-refractivity contribution in [2.45, 2.75) is 32.9 Å². The van der Waals surface area contributed by atoms with Gasteiger partial charge in [-0.15, -0.1) is 0 Å².